The van der Waals surface area contributed by atoms with Crippen LogP contribution >= 0.6 is 0 Å². The molecule has 2 aromatic heterocycles. The number of ether oxygens (including phenoxy) is 1. The quantitative estimate of drug-likeness (QED) is 0.795. The second-order valence-electron chi connectivity index (χ2n) is 4.43. The fourth-order valence-corrected chi connectivity index (χ4v) is 2.10. The second kappa shape index (κ2) is 5.58. The number of hydrogen-bond acceptors (Lipinski definition) is 4. The monoisotopic (exact) mass is 280 g/mol. The molecule has 3 rings (SSSR count). The van der Waals surface area contributed by atoms with E-state index in [1.807, 2.05) is 30.3 Å². The van der Waals surface area contributed by atoms with E-state index in [1.54, 1.807) is 18.3 Å². The molecule has 0 unspecified atom stereocenters. The van der Waals surface area contributed by atoms with Gasteiger partial charge >= 0.3 is 5.97 Å². The molecule has 1 N–H and O–H groups in total. The van der Waals surface area contributed by atoms with Crippen molar-refractivity contribution in [1.29, 1.82) is 0 Å². The molecule has 1 aromatic carbocycles. The Morgan fingerprint density at radius 3 is 2.76 bits per heavy atom. The molecule has 0 saturated heterocycles. The molecule has 0 radical (unpaired) electrons. The van der Waals surface area contributed by atoms with Crippen LogP contribution in [-0.2, 0) is 6.61 Å². The van der Waals surface area contributed by atoms with Crippen molar-refractivity contribution < 1.29 is 14.6 Å². The van der Waals surface area contributed by atoms with Crippen molar-refractivity contribution in [3.8, 4) is 5.75 Å². The maximum atomic E-state index is 11.1. The molecule has 0 atom stereocenters. The van der Waals surface area contributed by atoms with Crippen LogP contribution in [0, 0.1) is 0 Å². The van der Waals surface area contributed by atoms with E-state index < -0.39 is 5.97 Å². The zero-order chi connectivity index (χ0) is 14.7. The molecule has 104 valence electrons. The Bertz CT molecular complexity index is 797. The van der Waals surface area contributed by atoms with E-state index >= 15 is 0 Å². The van der Waals surface area contributed by atoms with Crippen LogP contribution in [0.2, 0.25) is 0 Å². The van der Waals surface area contributed by atoms with Gasteiger partial charge in [-0.05, 0) is 24.3 Å². The maximum Gasteiger partial charge on any atom is 0.358 e. The summed E-state index contributed by atoms with van der Waals surface area (Å²) in [5.74, 6) is -0.851. The first-order valence-corrected chi connectivity index (χ1v) is 6.39. The number of benzene rings is 1. The number of fused-ring (bicyclic) bond motifs is 1. The van der Waals surface area contributed by atoms with Gasteiger partial charge in [-0.25, -0.2) is 9.78 Å². The first-order valence-electron chi connectivity index (χ1n) is 6.39. The summed E-state index contributed by atoms with van der Waals surface area (Å²) in [5.41, 5.74) is 1.74. The van der Waals surface area contributed by atoms with Crippen LogP contribution in [0.15, 0.2) is 54.9 Å². The molecule has 5 nitrogen and oxygen atoms in total. The molecular formula is C16H12N2O3. The number of aromatic carboxylic acids is 1. The Kier molecular flexibility index (Phi) is 3.47. The summed E-state index contributed by atoms with van der Waals surface area (Å²) < 4.78 is 5.62. The number of aromatic nitrogens is 2. The van der Waals surface area contributed by atoms with Crippen LogP contribution in [0.1, 0.15) is 16.1 Å². The van der Waals surface area contributed by atoms with E-state index in [1.165, 1.54) is 6.20 Å². The highest BCUT2D eigenvalue weighted by Gasteiger charge is 2.12. The molecule has 2 heterocycles. The summed E-state index contributed by atoms with van der Waals surface area (Å²) >= 11 is 0. The van der Waals surface area contributed by atoms with E-state index in [0.29, 0.717) is 0 Å². The lowest BCUT2D eigenvalue weighted by Gasteiger charge is -2.10. The van der Waals surface area contributed by atoms with Crippen molar-refractivity contribution in [2.45, 2.75) is 6.61 Å². The molecule has 0 aliphatic carbocycles. The highest BCUT2D eigenvalue weighted by molar-refractivity contribution is 5.88. The highest BCUT2D eigenvalue weighted by Crippen LogP contribution is 2.20. The second-order valence-corrected chi connectivity index (χ2v) is 4.43. The van der Waals surface area contributed by atoms with Gasteiger partial charge in [-0.2, -0.15) is 0 Å². The number of para-hydroxylation sites is 1. The van der Waals surface area contributed by atoms with Crippen molar-refractivity contribution in [3.63, 3.8) is 0 Å². The molecule has 0 fully saturated rings. The number of hydrogen-bond donors (Lipinski definition) is 1. The summed E-state index contributed by atoms with van der Waals surface area (Å²) in [7, 11) is 0. The van der Waals surface area contributed by atoms with Gasteiger partial charge in [0.1, 0.15) is 6.61 Å². The maximum absolute atomic E-state index is 11.1. The van der Waals surface area contributed by atoms with Crippen LogP contribution in [0.25, 0.3) is 10.9 Å². The van der Waals surface area contributed by atoms with Gasteiger partial charge in [0.15, 0.2) is 11.4 Å². The summed E-state index contributed by atoms with van der Waals surface area (Å²) in [6, 6.07) is 12.8. The standard InChI is InChI=1S/C16H12N2O3/c19-16(20)15-14(6-3-8-18-15)21-10-11-7-9-17-13-5-2-1-4-12(11)13/h1-9H,10H2,(H,19,20). The number of carbonyl (C=O) groups is 1. The number of nitrogens with zero attached hydrogens (tertiary/aromatic N) is 2. The van der Waals surface area contributed by atoms with Gasteiger partial charge in [0, 0.05) is 23.3 Å². The molecule has 3 aromatic rings. The average molecular weight is 280 g/mol. The van der Waals surface area contributed by atoms with E-state index in [-0.39, 0.29) is 18.1 Å². The van der Waals surface area contributed by atoms with Crippen molar-refractivity contribution in [2.24, 2.45) is 0 Å². The lowest BCUT2D eigenvalue weighted by atomic mass is 10.1. The van der Waals surface area contributed by atoms with Crippen LogP contribution in [-0.4, -0.2) is 21.0 Å². The van der Waals surface area contributed by atoms with Gasteiger partial charge in [0.2, 0.25) is 0 Å². The van der Waals surface area contributed by atoms with Gasteiger partial charge in [0.05, 0.1) is 5.52 Å². The zero-order valence-corrected chi connectivity index (χ0v) is 11.1. The Morgan fingerprint density at radius 1 is 1.05 bits per heavy atom. The van der Waals surface area contributed by atoms with Gasteiger partial charge in [0.25, 0.3) is 0 Å². The third-order valence-corrected chi connectivity index (χ3v) is 3.10. The molecule has 0 saturated carbocycles. The summed E-state index contributed by atoms with van der Waals surface area (Å²) in [6.07, 6.45) is 3.14. The van der Waals surface area contributed by atoms with Gasteiger partial charge in [-0.15, -0.1) is 0 Å². The van der Waals surface area contributed by atoms with Gasteiger partial charge in [-0.1, -0.05) is 18.2 Å². The molecule has 5 heteroatoms. The Morgan fingerprint density at radius 2 is 1.90 bits per heavy atom. The minimum atomic E-state index is -1.11. The van der Waals surface area contributed by atoms with Crippen LogP contribution < -0.4 is 4.74 Å². The smallest absolute Gasteiger partial charge is 0.358 e. The third kappa shape index (κ3) is 2.67. The lowest BCUT2D eigenvalue weighted by Crippen LogP contribution is -2.05. The van der Waals surface area contributed by atoms with Crippen molar-refractivity contribution >= 4 is 16.9 Å². The molecule has 0 spiro atoms. The van der Waals surface area contributed by atoms with E-state index in [4.69, 9.17) is 9.84 Å². The molecule has 0 bridgehead atoms. The fraction of sp³-hybridized carbons (Fsp3) is 0.0625. The predicted molar refractivity (Wildman–Crippen MR) is 77.3 cm³/mol. The number of carboxylic acid groups (broad SMARTS) is 1. The lowest BCUT2D eigenvalue weighted by molar-refractivity contribution is 0.0685. The zero-order valence-electron chi connectivity index (χ0n) is 11.1. The minimum absolute atomic E-state index is 0.0872. The number of carboxylic acids is 1. The molecule has 0 amide bonds. The normalized spacial score (nSPS) is 10.5. The Labute approximate surface area is 120 Å². The van der Waals surface area contributed by atoms with Gasteiger partial charge < -0.3 is 9.84 Å². The number of rotatable bonds is 4. The van der Waals surface area contributed by atoms with E-state index in [2.05, 4.69) is 9.97 Å². The van der Waals surface area contributed by atoms with E-state index in [0.717, 1.165) is 16.5 Å². The fourth-order valence-electron chi connectivity index (χ4n) is 2.10. The Balaban J connectivity index is 1.89. The predicted octanol–water partition coefficient (Wildman–Crippen LogP) is 2.91. The third-order valence-electron chi connectivity index (χ3n) is 3.10. The average Bonchev–Trinajstić information content (AvgIpc) is 2.53. The molecule has 21 heavy (non-hydrogen) atoms. The van der Waals surface area contributed by atoms with Crippen LogP contribution in [0.3, 0.4) is 0 Å². The first-order chi connectivity index (χ1) is 10.3. The molecular weight excluding hydrogens is 268 g/mol. The number of pyridine rings is 2. The summed E-state index contributed by atoms with van der Waals surface area (Å²) in [4.78, 5) is 19.2. The largest absolute Gasteiger partial charge is 0.486 e. The highest BCUT2D eigenvalue weighted by atomic mass is 16.5. The Hall–Kier alpha value is -2.95. The molecule has 0 aliphatic rings. The van der Waals surface area contributed by atoms with Gasteiger partial charge in [-0.3, -0.25) is 4.98 Å². The summed E-state index contributed by atoms with van der Waals surface area (Å²) in [6.45, 7) is 0.259. The minimum Gasteiger partial charge on any atom is -0.486 e. The van der Waals surface area contributed by atoms with Crippen molar-refractivity contribution in [1.82, 2.24) is 9.97 Å². The van der Waals surface area contributed by atoms with Crippen LogP contribution in [0.5, 0.6) is 5.75 Å². The van der Waals surface area contributed by atoms with Crippen LogP contribution in [0.4, 0.5) is 0 Å². The van der Waals surface area contributed by atoms with Crippen molar-refractivity contribution in [3.05, 3.63) is 66.1 Å². The SMILES string of the molecule is O=C(O)c1ncccc1OCc1ccnc2ccccc12. The van der Waals surface area contributed by atoms with Crippen molar-refractivity contribution in [2.75, 3.05) is 0 Å². The summed E-state index contributed by atoms with van der Waals surface area (Å²) in [5, 5.41) is 10.1. The molecule has 0 aliphatic heterocycles. The topological polar surface area (TPSA) is 72.3 Å². The van der Waals surface area contributed by atoms with E-state index in [9.17, 15) is 4.79 Å². The first kappa shape index (κ1) is 13.1.